The highest BCUT2D eigenvalue weighted by Gasteiger charge is 2.38. The molecule has 0 spiro atoms. The molecule has 1 aromatic rings. The van der Waals surface area contributed by atoms with Crippen molar-refractivity contribution < 1.29 is 13.2 Å². The highest BCUT2D eigenvalue weighted by Crippen LogP contribution is 2.28. The van der Waals surface area contributed by atoms with Gasteiger partial charge in [0, 0.05) is 15.2 Å². The average Bonchev–Trinajstić information content (AvgIpc) is 2.47. The first-order valence-corrected chi connectivity index (χ1v) is 7.80. The molecular weight excluding hydrogens is 308 g/mol. The van der Waals surface area contributed by atoms with E-state index in [0.717, 1.165) is 0 Å². The number of carbonyl (C=O) groups excluding carboxylic acids is 1. The molecule has 22 heavy (non-hydrogen) atoms. The summed E-state index contributed by atoms with van der Waals surface area (Å²) in [5, 5.41) is 6.51. The van der Waals surface area contributed by atoms with Crippen molar-refractivity contribution in [1.29, 1.82) is 0 Å². The largest absolute Gasteiger partial charge is 0.298 e. The molecule has 0 aliphatic carbocycles. The maximum absolute atomic E-state index is 12.3. The molecule has 1 aromatic carbocycles. The van der Waals surface area contributed by atoms with Crippen LogP contribution in [0.3, 0.4) is 0 Å². The lowest BCUT2D eigenvalue weighted by Crippen LogP contribution is -2.38. The molecule has 0 saturated carbocycles. The Kier molecular flexibility index (Phi) is 5.53. The second-order valence-electron chi connectivity index (χ2n) is 5.00. The first-order chi connectivity index (χ1) is 10.3. The van der Waals surface area contributed by atoms with Crippen LogP contribution in [0.2, 0.25) is 0 Å². The maximum Gasteiger partial charge on any atom is 0.185 e. The second-order valence-corrected chi connectivity index (χ2v) is 6.99. The Bertz CT molecular complexity index is 728. The summed E-state index contributed by atoms with van der Waals surface area (Å²) in [4.78, 5) is 17.3. The fourth-order valence-electron chi connectivity index (χ4n) is 1.62. The van der Waals surface area contributed by atoms with Gasteiger partial charge in [-0.15, -0.1) is 0 Å². The van der Waals surface area contributed by atoms with Gasteiger partial charge in [-0.05, 0) is 23.2 Å². The molecule has 0 aliphatic heterocycles. The number of hydrogen-bond acceptors (Lipinski definition) is 5. The molecule has 0 N–H and O–H groups in total. The zero-order valence-corrected chi connectivity index (χ0v) is 12.8. The Morgan fingerprint density at radius 2 is 1.68 bits per heavy atom. The summed E-state index contributed by atoms with van der Waals surface area (Å²) in [5.41, 5.74) is 15.5. The van der Waals surface area contributed by atoms with E-state index in [9.17, 15) is 13.2 Å². The number of carbonyl (C=O) groups is 1. The van der Waals surface area contributed by atoms with Crippen molar-refractivity contribution in [3.63, 3.8) is 0 Å². The number of nitrogens with zero attached hydrogens (tertiary/aromatic N) is 6. The predicted molar refractivity (Wildman–Crippen MR) is 79.4 cm³/mol. The van der Waals surface area contributed by atoms with Gasteiger partial charge in [-0.25, -0.2) is 8.42 Å². The molecule has 0 amide bonds. The van der Waals surface area contributed by atoms with Gasteiger partial charge in [0.25, 0.3) is 0 Å². The van der Waals surface area contributed by atoms with Crippen LogP contribution in [0.25, 0.3) is 20.9 Å². The maximum atomic E-state index is 12.3. The van der Waals surface area contributed by atoms with Crippen LogP contribution in [0.1, 0.15) is 13.8 Å². The zero-order valence-electron chi connectivity index (χ0n) is 12.0. The first-order valence-electron chi connectivity index (χ1n) is 6.15. The molecule has 0 saturated heterocycles. The van der Waals surface area contributed by atoms with E-state index >= 15 is 0 Å². The minimum absolute atomic E-state index is 0.0169. The fraction of sp³-hybridized carbons (Fsp3) is 0.417. The van der Waals surface area contributed by atoms with Crippen LogP contribution in [0.4, 0.5) is 0 Å². The van der Waals surface area contributed by atoms with Gasteiger partial charge >= 0.3 is 0 Å². The number of Topliss-reactive ketones (excluding diaryl/α,β-unsaturated/α-hetero) is 1. The predicted octanol–water partition coefficient (Wildman–Crippen LogP) is 3.00. The van der Waals surface area contributed by atoms with E-state index in [0.29, 0.717) is 0 Å². The summed E-state index contributed by atoms with van der Waals surface area (Å²) in [6.45, 7) is 2.73. The molecule has 0 bridgehead atoms. The Morgan fingerprint density at radius 1 is 1.18 bits per heavy atom. The summed E-state index contributed by atoms with van der Waals surface area (Å²) in [7, 11) is -3.83. The monoisotopic (exact) mass is 322 g/mol. The lowest BCUT2D eigenvalue weighted by atomic mass is 9.86. The van der Waals surface area contributed by atoms with Crippen molar-refractivity contribution in [2.45, 2.75) is 24.9 Å². The quantitative estimate of drug-likeness (QED) is 0.431. The van der Waals surface area contributed by atoms with Crippen molar-refractivity contribution in [3.05, 3.63) is 51.2 Å². The SMILES string of the molecule is CC(C)(C(=O)CS(=O)(=O)c1ccccc1)C(N=[N+]=[N-])N=[N+]=[N-]. The van der Waals surface area contributed by atoms with E-state index < -0.39 is 33.0 Å². The second kappa shape index (κ2) is 6.95. The molecule has 0 radical (unpaired) electrons. The normalized spacial score (nSPS) is 12.6. The summed E-state index contributed by atoms with van der Waals surface area (Å²) in [6, 6.07) is 7.52. The highest BCUT2D eigenvalue weighted by molar-refractivity contribution is 7.92. The van der Waals surface area contributed by atoms with Crippen molar-refractivity contribution in [3.8, 4) is 0 Å². The van der Waals surface area contributed by atoms with Crippen LogP contribution in [-0.4, -0.2) is 26.1 Å². The molecule has 10 heteroatoms. The smallest absolute Gasteiger partial charge is 0.185 e. The Morgan fingerprint density at radius 3 is 2.14 bits per heavy atom. The van der Waals surface area contributed by atoms with E-state index in [1.54, 1.807) is 18.2 Å². The fourth-order valence-corrected chi connectivity index (χ4v) is 3.08. The Balaban J connectivity index is 3.10. The van der Waals surface area contributed by atoms with Gasteiger partial charge in [0.05, 0.1) is 4.90 Å². The number of rotatable bonds is 7. The minimum atomic E-state index is -3.83. The van der Waals surface area contributed by atoms with Gasteiger partial charge < -0.3 is 0 Å². The third kappa shape index (κ3) is 3.98. The summed E-state index contributed by atoms with van der Waals surface area (Å²) < 4.78 is 24.4. The van der Waals surface area contributed by atoms with Crippen LogP contribution in [0, 0.1) is 5.41 Å². The van der Waals surface area contributed by atoms with E-state index in [2.05, 4.69) is 20.1 Å². The molecule has 9 nitrogen and oxygen atoms in total. The van der Waals surface area contributed by atoms with Crippen LogP contribution < -0.4 is 0 Å². The van der Waals surface area contributed by atoms with Gasteiger partial charge in [0.2, 0.25) is 0 Å². The van der Waals surface area contributed by atoms with Crippen LogP contribution in [0.5, 0.6) is 0 Å². The van der Waals surface area contributed by atoms with Crippen molar-refractivity contribution in [2.75, 3.05) is 5.75 Å². The topological polar surface area (TPSA) is 149 Å². The molecule has 116 valence electrons. The van der Waals surface area contributed by atoms with E-state index in [1.807, 2.05) is 0 Å². The van der Waals surface area contributed by atoms with E-state index in [-0.39, 0.29) is 4.90 Å². The van der Waals surface area contributed by atoms with Crippen LogP contribution >= 0.6 is 0 Å². The molecule has 0 aliphatic rings. The molecule has 0 atom stereocenters. The van der Waals surface area contributed by atoms with Crippen molar-refractivity contribution >= 4 is 15.6 Å². The van der Waals surface area contributed by atoms with Crippen LogP contribution in [0.15, 0.2) is 45.5 Å². The third-order valence-corrected chi connectivity index (χ3v) is 4.74. The third-order valence-electron chi connectivity index (χ3n) is 3.11. The molecular formula is C12H14N6O3S. The van der Waals surface area contributed by atoms with Gasteiger partial charge in [0.15, 0.2) is 15.6 Å². The Labute approximate surface area is 127 Å². The van der Waals surface area contributed by atoms with Gasteiger partial charge in [0.1, 0.15) is 11.9 Å². The molecule has 0 heterocycles. The lowest BCUT2D eigenvalue weighted by molar-refractivity contribution is -0.125. The number of benzene rings is 1. The summed E-state index contributed by atoms with van der Waals surface area (Å²) in [5.74, 6) is -1.48. The Hall–Kier alpha value is -2.54. The number of hydrogen-bond donors (Lipinski definition) is 0. The molecule has 1 rings (SSSR count). The van der Waals surface area contributed by atoms with Crippen molar-refractivity contribution in [2.24, 2.45) is 15.6 Å². The standard InChI is InChI=1S/C12H14N6O3S/c1-12(2,11(15-17-13)16-18-14)10(19)8-22(20,21)9-6-4-3-5-7-9/h3-7,11H,8H2,1-2H3. The minimum Gasteiger partial charge on any atom is -0.298 e. The van der Waals surface area contributed by atoms with Crippen molar-refractivity contribution in [1.82, 2.24) is 0 Å². The summed E-state index contributed by atoms with van der Waals surface area (Å²) >= 11 is 0. The average molecular weight is 322 g/mol. The lowest BCUT2D eigenvalue weighted by Gasteiger charge is -2.26. The zero-order chi connectivity index (χ0) is 16.8. The number of azide groups is 1. The van der Waals surface area contributed by atoms with E-state index in [1.165, 1.54) is 26.0 Å². The number of ketones is 1. The van der Waals surface area contributed by atoms with Gasteiger partial charge in [-0.1, -0.05) is 42.3 Å². The summed E-state index contributed by atoms with van der Waals surface area (Å²) in [6.07, 6.45) is -1.35. The first kappa shape index (κ1) is 17.5. The molecule has 0 fully saturated rings. The van der Waals surface area contributed by atoms with Gasteiger partial charge in [-0.3, -0.25) is 4.79 Å². The van der Waals surface area contributed by atoms with Crippen LogP contribution in [-0.2, 0) is 14.6 Å². The number of sulfone groups is 1. The molecule has 0 unspecified atom stereocenters. The molecule has 0 aromatic heterocycles. The highest BCUT2D eigenvalue weighted by atomic mass is 32.2. The van der Waals surface area contributed by atoms with Gasteiger partial charge in [-0.2, -0.15) is 0 Å². The van der Waals surface area contributed by atoms with E-state index in [4.69, 9.17) is 11.1 Å².